The van der Waals surface area contributed by atoms with Crippen molar-refractivity contribution in [3.8, 4) is 0 Å². The molecule has 0 unspecified atom stereocenters. The van der Waals surface area contributed by atoms with Gasteiger partial charge in [0.2, 0.25) is 0 Å². The molecule has 1 aromatic carbocycles. The molecular formula is C29H31N3O2S. The Morgan fingerprint density at radius 1 is 1.11 bits per heavy atom. The number of piperidine rings is 1. The number of nitrogens with one attached hydrogen (secondary N) is 1. The van der Waals surface area contributed by atoms with Gasteiger partial charge >= 0.3 is 0 Å². The number of carbonyl (C=O) groups excluding carboxylic acids is 1. The fraction of sp³-hybridized carbons (Fsp3) is 0.310. The number of anilines is 1. The van der Waals surface area contributed by atoms with Gasteiger partial charge in [0, 0.05) is 22.8 Å². The van der Waals surface area contributed by atoms with Gasteiger partial charge in [0.25, 0.3) is 5.91 Å². The molecule has 1 saturated heterocycles. The summed E-state index contributed by atoms with van der Waals surface area (Å²) in [5.41, 5.74) is 4.97. The number of amides is 1. The van der Waals surface area contributed by atoms with E-state index in [0.717, 1.165) is 42.9 Å². The van der Waals surface area contributed by atoms with Crippen LogP contribution in [-0.2, 0) is 6.42 Å². The third-order valence-corrected chi connectivity index (χ3v) is 8.20. The lowest BCUT2D eigenvalue weighted by molar-refractivity contribution is 0.0996. The Kier molecular flexibility index (Phi) is 7.11. The van der Waals surface area contributed by atoms with Crippen LogP contribution in [0, 0.1) is 19.8 Å². The van der Waals surface area contributed by atoms with E-state index < -0.39 is 0 Å². The molecule has 0 aliphatic carbocycles. The van der Waals surface area contributed by atoms with Gasteiger partial charge in [-0.25, -0.2) is 0 Å². The second-order valence-corrected chi connectivity index (χ2v) is 10.5. The lowest BCUT2D eigenvalue weighted by Gasteiger charge is -2.38. The summed E-state index contributed by atoms with van der Waals surface area (Å²) < 4.78 is 5.34. The molecule has 6 heteroatoms. The SMILES string of the molecule is Cc1sc(NC(=O)c2ccco2)c([C@H](c2cccnc2)N2CCC(Cc3ccccc3)CC2)c1C. The molecule has 35 heavy (non-hydrogen) atoms. The van der Waals surface area contributed by atoms with Gasteiger partial charge < -0.3 is 9.73 Å². The van der Waals surface area contributed by atoms with E-state index in [2.05, 4.69) is 65.4 Å². The average molecular weight is 486 g/mol. The first kappa shape index (κ1) is 23.5. The van der Waals surface area contributed by atoms with Crippen molar-refractivity contribution in [3.63, 3.8) is 0 Å². The van der Waals surface area contributed by atoms with Crippen molar-refractivity contribution in [3.05, 3.63) is 106 Å². The zero-order valence-corrected chi connectivity index (χ0v) is 21.1. The number of rotatable bonds is 7. The molecule has 4 aromatic rings. The van der Waals surface area contributed by atoms with Gasteiger partial charge in [-0.05, 0) is 87.0 Å². The standard InChI is InChI=1S/C29H31N3O2S/c1-20-21(2)35-29(31-28(33)25-11-7-17-34-25)26(20)27(24-10-6-14-30-19-24)32-15-12-23(13-16-32)18-22-8-4-3-5-9-22/h3-11,14,17,19,23,27H,12-13,15-16,18H2,1-2H3,(H,31,33)/t27-/m0/s1. The van der Waals surface area contributed by atoms with Gasteiger partial charge in [-0.15, -0.1) is 11.3 Å². The molecule has 5 rings (SSSR count). The van der Waals surface area contributed by atoms with Crippen LogP contribution in [-0.4, -0.2) is 28.9 Å². The largest absolute Gasteiger partial charge is 0.459 e. The Bertz CT molecular complexity index is 1240. The van der Waals surface area contributed by atoms with Crippen LogP contribution in [0.3, 0.4) is 0 Å². The number of nitrogens with zero attached hydrogens (tertiary/aromatic N) is 2. The summed E-state index contributed by atoms with van der Waals surface area (Å²) in [6.07, 6.45) is 8.75. The fourth-order valence-electron chi connectivity index (χ4n) is 5.10. The van der Waals surface area contributed by atoms with Crippen molar-refractivity contribution in [1.29, 1.82) is 0 Å². The number of furan rings is 1. The van der Waals surface area contributed by atoms with Crippen molar-refractivity contribution in [2.75, 3.05) is 18.4 Å². The van der Waals surface area contributed by atoms with Crippen molar-refractivity contribution < 1.29 is 9.21 Å². The summed E-state index contributed by atoms with van der Waals surface area (Å²) in [4.78, 5) is 21.1. The van der Waals surface area contributed by atoms with E-state index in [-0.39, 0.29) is 11.9 Å². The quantitative estimate of drug-likeness (QED) is 0.318. The van der Waals surface area contributed by atoms with Crippen molar-refractivity contribution in [2.24, 2.45) is 5.92 Å². The van der Waals surface area contributed by atoms with E-state index in [9.17, 15) is 4.79 Å². The zero-order chi connectivity index (χ0) is 24.2. The Labute approximate surface area is 210 Å². The van der Waals surface area contributed by atoms with Gasteiger partial charge in [-0.3, -0.25) is 14.7 Å². The lowest BCUT2D eigenvalue weighted by atomic mass is 9.87. The highest BCUT2D eigenvalue weighted by Crippen LogP contribution is 2.43. The minimum atomic E-state index is -0.219. The molecule has 5 nitrogen and oxygen atoms in total. The second-order valence-electron chi connectivity index (χ2n) is 9.32. The maximum atomic E-state index is 12.9. The highest BCUT2D eigenvalue weighted by Gasteiger charge is 2.32. The topological polar surface area (TPSA) is 58.4 Å². The predicted octanol–water partition coefficient (Wildman–Crippen LogP) is 6.65. The minimum Gasteiger partial charge on any atom is -0.459 e. The molecule has 180 valence electrons. The maximum absolute atomic E-state index is 12.9. The summed E-state index contributed by atoms with van der Waals surface area (Å²) in [5.74, 6) is 0.787. The fourth-order valence-corrected chi connectivity index (χ4v) is 6.19. The Morgan fingerprint density at radius 2 is 1.91 bits per heavy atom. The molecule has 1 N–H and O–H groups in total. The first-order valence-electron chi connectivity index (χ1n) is 12.2. The Morgan fingerprint density at radius 3 is 2.60 bits per heavy atom. The van der Waals surface area contributed by atoms with Crippen LogP contribution in [0.5, 0.6) is 0 Å². The molecule has 3 aromatic heterocycles. The summed E-state index contributed by atoms with van der Waals surface area (Å²) >= 11 is 1.64. The van der Waals surface area contributed by atoms with E-state index in [1.807, 2.05) is 18.5 Å². The molecule has 1 amide bonds. The van der Waals surface area contributed by atoms with Crippen LogP contribution in [0.1, 0.15) is 56.6 Å². The second kappa shape index (κ2) is 10.6. The molecule has 1 fully saturated rings. The summed E-state index contributed by atoms with van der Waals surface area (Å²) in [6, 6.07) is 18.4. The van der Waals surface area contributed by atoms with Gasteiger partial charge in [0.1, 0.15) is 5.00 Å². The van der Waals surface area contributed by atoms with E-state index in [1.54, 1.807) is 23.5 Å². The number of aryl methyl sites for hydroxylation is 1. The summed E-state index contributed by atoms with van der Waals surface area (Å²) in [7, 11) is 0. The predicted molar refractivity (Wildman–Crippen MR) is 141 cm³/mol. The first-order valence-corrected chi connectivity index (χ1v) is 13.0. The average Bonchev–Trinajstić information content (AvgIpc) is 3.52. The molecule has 0 spiro atoms. The Balaban J connectivity index is 1.42. The molecule has 0 radical (unpaired) electrons. The number of likely N-dealkylation sites (tertiary alicyclic amines) is 1. The van der Waals surface area contributed by atoms with E-state index in [4.69, 9.17) is 4.42 Å². The molecule has 1 aliphatic heterocycles. The van der Waals surface area contributed by atoms with Gasteiger partial charge in [0.05, 0.1) is 12.3 Å². The molecule has 1 aliphatic rings. The Hall–Kier alpha value is -3.22. The number of hydrogen-bond acceptors (Lipinski definition) is 5. The van der Waals surface area contributed by atoms with Crippen LogP contribution in [0.4, 0.5) is 5.00 Å². The molecule has 1 atom stereocenters. The monoisotopic (exact) mass is 485 g/mol. The van der Waals surface area contributed by atoms with E-state index >= 15 is 0 Å². The highest BCUT2D eigenvalue weighted by molar-refractivity contribution is 7.16. The number of hydrogen-bond donors (Lipinski definition) is 1. The maximum Gasteiger partial charge on any atom is 0.291 e. The van der Waals surface area contributed by atoms with E-state index in [1.165, 1.54) is 27.8 Å². The van der Waals surface area contributed by atoms with Crippen molar-refractivity contribution in [2.45, 2.75) is 39.2 Å². The molecule has 4 heterocycles. The molecule has 0 saturated carbocycles. The van der Waals surface area contributed by atoms with Gasteiger partial charge in [0.15, 0.2) is 5.76 Å². The van der Waals surface area contributed by atoms with Gasteiger partial charge in [-0.1, -0.05) is 36.4 Å². The number of thiophene rings is 1. The first-order chi connectivity index (χ1) is 17.1. The van der Waals surface area contributed by atoms with Crippen LogP contribution in [0.25, 0.3) is 0 Å². The summed E-state index contributed by atoms with van der Waals surface area (Å²) in [6.45, 7) is 6.31. The number of carbonyl (C=O) groups is 1. The zero-order valence-electron chi connectivity index (χ0n) is 20.2. The van der Waals surface area contributed by atoms with Crippen LogP contribution >= 0.6 is 11.3 Å². The summed E-state index contributed by atoms with van der Waals surface area (Å²) in [5, 5.41) is 4.03. The van der Waals surface area contributed by atoms with Gasteiger partial charge in [-0.2, -0.15) is 0 Å². The lowest BCUT2D eigenvalue weighted by Crippen LogP contribution is -2.38. The van der Waals surface area contributed by atoms with E-state index in [0.29, 0.717) is 11.7 Å². The number of aromatic nitrogens is 1. The molecule has 0 bridgehead atoms. The third-order valence-electron chi connectivity index (χ3n) is 7.06. The van der Waals surface area contributed by atoms with Crippen molar-refractivity contribution >= 4 is 22.2 Å². The number of benzene rings is 1. The van der Waals surface area contributed by atoms with Crippen LogP contribution in [0.15, 0.2) is 77.7 Å². The number of pyridine rings is 1. The van der Waals surface area contributed by atoms with Crippen LogP contribution in [0.2, 0.25) is 0 Å². The highest BCUT2D eigenvalue weighted by atomic mass is 32.1. The van der Waals surface area contributed by atoms with Crippen LogP contribution < -0.4 is 5.32 Å². The van der Waals surface area contributed by atoms with Crippen molar-refractivity contribution in [1.82, 2.24) is 9.88 Å². The normalized spacial score (nSPS) is 15.7. The third kappa shape index (κ3) is 5.24. The molecular weight excluding hydrogens is 454 g/mol. The minimum absolute atomic E-state index is 0.0400. The smallest absolute Gasteiger partial charge is 0.291 e.